The lowest BCUT2D eigenvalue weighted by molar-refractivity contribution is -0.870. The number of benzene rings is 1. The Morgan fingerprint density at radius 3 is 2.07 bits per heavy atom. The second kappa shape index (κ2) is 20.9. The van der Waals surface area contributed by atoms with Crippen LogP contribution in [0.3, 0.4) is 0 Å². The van der Waals surface area contributed by atoms with Gasteiger partial charge in [0.15, 0.2) is 0 Å². The van der Waals surface area contributed by atoms with Gasteiger partial charge in [0, 0.05) is 34.9 Å². The quantitative estimate of drug-likeness (QED) is 0.208. The van der Waals surface area contributed by atoms with Crippen LogP contribution in [0.15, 0.2) is 29.2 Å². The largest absolute Gasteiger partial charge is 0.460 e. The SMILES string of the molecule is C1CSSC1.CC.CCCCC(=O)OCC[N+](C)(C)C.Cc1ccc(SO)cc1. The van der Waals surface area contributed by atoms with Crippen molar-refractivity contribution >= 4 is 39.6 Å². The molecule has 0 saturated carbocycles. The van der Waals surface area contributed by atoms with Gasteiger partial charge in [-0.15, -0.1) is 0 Å². The summed E-state index contributed by atoms with van der Waals surface area (Å²) < 4.78 is 14.4. The Balaban J connectivity index is 0. The van der Waals surface area contributed by atoms with E-state index in [2.05, 4.69) is 28.1 Å². The zero-order valence-corrected chi connectivity index (χ0v) is 21.9. The molecule has 1 aliphatic rings. The van der Waals surface area contributed by atoms with Gasteiger partial charge >= 0.3 is 5.97 Å². The molecule has 1 aromatic rings. The number of aryl methyl sites for hydroxylation is 1. The van der Waals surface area contributed by atoms with E-state index >= 15 is 0 Å². The molecule has 0 amide bonds. The molecule has 0 unspecified atom stereocenters. The number of carbonyl (C=O) groups is 1. The average Bonchev–Trinajstić information content (AvgIpc) is 3.28. The zero-order chi connectivity index (χ0) is 22.5. The molecule has 0 spiro atoms. The van der Waals surface area contributed by atoms with Gasteiger partial charge in [0.05, 0.1) is 21.1 Å². The monoisotopic (exact) mass is 464 g/mol. The fourth-order valence-corrected chi connectivity index (χ4v) is 4.34. The van der Waals surface area contributed by atoms with Crippen LogP contribution in [-0.2, 0) is 9.53 Å². The predicted octanol–water partition coefficient (Wildman–Crippen LogP) is 6.78. The van der Waals surface area contributed by atoms with Crippen molar-refractivity contribution < 1.29 is 18.6 Å². The first-order valence-corrected chi connectivity index (χ1v) is 13.6. The van der Waals surface area contributed by atoms with E-state index in [0.29, 0.717) is 13.0 Å². The molecule has 2 rings (SSSR count). The van der Waals surface area contributed by atoms with Crippen LogP contribution in [-0.4, -0.2) is 60.8 Å². The number of hydrogen-bond donors (Lipinski definition) is 1. The first-order chi connectivity index (χ1) is 13.8. The predicted molar refractivity (Wildman–Crippen MR) is 134 cm³/mol. The fourth-order valence-electron chi connectivity index (χ4n) is 1.72. The Bertz CT molecular complexity index is 479. The minimum Gasteiger partial charge on any atom is -0.460 e. The number of quaternary nitrogens is 1. The lowest BCUT2D eigenvalue weighted by Crippen LogP contribution is -2.37. The summed E-state index contributed by atoms with van der Waals surface area (Å²) in [7, 11) is 10.2. The van der Waals surface area contributed by atoms with Gasteiger partial charge < -0.3 is 13.8 Å². The third kappa shape index (κ3) is 23.8. The smallest absolute Gasteiger partial charge is 0.305 e. The normalized spacial score (nSPS) is 12.4. The minimum atomic E-state index is -0.0599. The Morgan fingerprint density at radius 2 is 1.69 bits per heavy atom. The van der Waals surface area contributed by atoms with Gasteiger partial charge in [0.2, 0.25) is 0 Å². The number of likely N-dealkylation sites (N-methyl/N-ethyl adjacent to an activating group) is 1. The van der Waals surface area contributed by atoms with Gasteiger partial charge in [-0.05, 0) is 31.9 Å². The van der Waals surface area contributed by atoms with E-state index < -0.39 is 0 Å². The molecule has 1 N–H and O–H groups in total. The molecule has 1 aliphatic heterocycles. The number of unbranched alkanes of at least 4 members (excludes halogenated alkanes) is 1. The van der Waals surface area contributed by atoms with E-state index in [0.717, 1.165) is 40.8 Å². The van der Waals surface area contributed by atoms with Crippen molar-refractivity contribution in [1.82, 2.24) is 0 Å². The molecule has 0 aromatic heterocycles. The molecule has 0 atom stereocenters. The Morgan fingerprint density at radius 1 is 1.14 bits per heavy atom. The van der Waals surface area contributed by atoms with Gasteiger partial charge in [-0.2, -0.15) is 0 Å². The van der Waals surface area contributed by atoms with Crippen molar-refractivity contribution in [3.05, 3.63) is 29.8 Å². The summed E-state index contributed by atoms with van der Waals surface area (Å²) in [5, 5.41) is 0. The van der Waals surface area contributed by atoms with E-state index in [9.17, 15) is 4.79 Å². The van der Waals surface area contributed by atoms with Crippen molar-refractivity contribution in [2.45, 2.75) is 58.3 Å². The van der Waals surface area contributed by atoms with E-state index in [1.165, 1.54) is 23.5 Å². The van der Waals surface area contributed by atoms with Crippen molar-refractivity contribution in [3.8, 4) is 0 Å². The van der Waals surface area contributed by atoms with Crippen molar-refractivity contribution in [2.75, 3.05) is 45.8 Å². The summed E-state index contributed by atoms with van der Waals surface area (Å²) in [6.07, 6.45) is 3.97. The van der Waals surface area contributed by atoms with E-state index in [4.69, 9.17) is 9.29 Å². The molecule has 4 nitrogen and oxygen atoms in total. The van der Waals surface area contributed by atoms with Crippen LogP contribution in [0.2, 0.25) is 0 Å². The van der Waals surface area contributed by atoms with Gasteiger partial charge in [0.1, 0.15) is 13.2 Å². The van der Waals surface area contributed by atoms with Gasteiger partial charge in [-0.25, -0.2) is 0 Å². The molecule has 1 aromatic carbocycles. The van der Waals surface area contributed by atoms with Crippen molar-refractivity contribution in [3.63, 3.8) is 0 Å². The number of carbonyl (C=O) groups excluding carboxylic acids is 1. The van der Waals surface area contributed by atoms with Gasteiger partial charge in [-0.1, -0.05) is 66.5 Å². The molecule has 1 saturated heterocycles. The third-order valence-corrected chi connectivity index (χ3v) is 6.49. The van der Waals surface area contributed by atoms with Gasteiger partial charge in [-0.3, -0.25) is 4.79 Å². The molecule has 7 heteroatoms. The Labute approximate surface area is 191 Å². The van der Waals surface area contributed by atoms with E-state index in [1.807, 2.05) is 66.6 Å². The van der Waals surface area contributed by atoms with Crippen LogP contribution in [0.25, 0.3) is 0 Å². The van der Waals surface area contributed by atoms with Crippen LogP contribution in [0, 0.1) is 6.92 Å². The lowest BCUT2D eigenvalue weighted by Gasteiger charge is -2.23. The van der Waals surface area contributed by atoms with Crippen molar-refractivity contribution in [1.29, 1.82) is 0 Å². The van der Waals surface area contributed by atoms with Crippen LogP contribution < -0.4 is 0 Å². The topological polar surface area (TPSA) is 46.5 Å². The first kappa shape index (κ1) is 30.9. The number of nitrogens with zero attached hydrogens (tertiary/aromatic N) is 1. The highest BCUT2D eigenvalue weighted by molar-refractivity contribution is 8.77. The molecule has 170 valence electrons. The minimum absolute atomic E-state index is 0.0599. The molecule has 29 heavy (non-hydrogen) atoms. The third-order valence-electron chi connectivity index (χ3n) is 3.42. The van der Waals surface area contributed by atoms with Crippen LogP contribution >= 0.6 is 33.6 Å². The summed E-state index contributed by atoms with van der Waals surface area (Å²) in [6.45, 7) is 9.50. The second-order valence-electron chi connectivity index (χ2n) is 7.24. The molecule has 1 fully saturated rings. The van der Waals surface area contributed by atoms with Crippen molar-refractivity contribution in [2.24, 2.45) is 0 Å². The molecule has 0 bridgehead atoms. The molecule has 1 heterocycles. The maximum Gasteiger partial charge on any atom is 0.305 e. The Hall–Kier alpha value is -0.340. The summed E-state index contributed by atoms with van der Waals surface area (Å²) in [6, 6.07) is 7.72. The number of ether oxygens (including phenoxy) is 1. The maximum atomic E-state index is 11.1. The summed E-state index contributed by atoms with van der Waals surface area (Å²) >= 11 is 0.777. The van der Waals surface area contributed by atoms with E-state index in [-0.39, 0.29) is 5.97 Å². The second-order valence-corrected chi connectivity index (χ2v) is 10.6. The number of esters is 1. The first-order valence-electron chi connectivity index (χ1n) is 10.4. The average molecular weight is 465 g/mol. The van der Waals surface area contributed by atoms with Crippen LogP contribution in [0.1, 0.15) is 52.0 Å². The Kier molecular flexibility index (Phi) is 22.2. The molecule has 0 aliphatic carbocycles. The van der Waals surface area contributed by atoms with Crippen LogP contribution in [0.5, 0.6) is 0 Å². The summed E-state index contributed by atoms with van der Waals surface area (Å²) in [5.74, 6) is 2.70. The molecular weight excluding hydrogens is 422 g/mol. The van der Waals surface area contributed by atoms with Gasteiger partial charge in [0.25, 0.3) is 0 Å². The summed E-state index contributed by atoms with van der Waals surface area (Å²) in [5.41, 5.74) is 1.22. The number of rotatable bonds is 7. The molecular formula is C22H42NO3S3+. The zero-order valence-electron chi connectivity index (χ0n) is 19.4. The highest BCUT2D eigenvalue weighted by Gasteiger charge is 2.08. The highest BCUT2D eigenvalue weighted by Crippen LogP contribution is 2.29. The molecule has 0 radical (unpaired) electrons. The van der Waals surface area contributed by atoms with E-state index in [1.54, 1.807) is 0 Å². The summed E-state index contributed by atoms with van der Waals surface area (Å²) in [4.78, 5) is 11.9. The highest BCUT2D eigenvalue weighted by atomic mass is 33.1. The maximum absolute atomic E-state index is 11.1. The lowest BCUT2D eigenvalue weighted by atomic mass is 10.2. The number of hydrogen-bond acceptors (Lipinski definition) is 6. The standard InChI is InChI=1S/C10H22NO2.C7H8OS.C3H6S2.C2H6/c1-5-6-7-10(12)13-9-8-11(2,3)4;1-6-2-4-7(9-8)5-3-6;1-2-4-5-3-1;1-2/h5-9H2,1-4H3;2-5,8H,1H3;1-3H2;1-2H3/q+1;;;. The fraction of sp³-hybridized carbons (Fsp3) is 0.682. The van der Waals surface area contributed by atoms with Crippen LogP contribution in [0.4, 0.5) is 0 Å².